The summed E-state index contributed by atoms with van der Waals surface area (Å²) in [5.41, 5.74) is 1.28. The third-order valence-electron chi connectivity index (χ3n) is 3.75. The molecule has 0 saturated heterocycles. The van der Waals surface area contributed by atoms with E-state index in [-0.39, 0.29) is 12.7 Å². The normalized spacial score (nSPS) is 13.1. The predicted octanol–water partition coefficient (Wildman–Crippen LogP) is 3.45. The molecule has 2 atom stereocenters. The van der Waals surface area contributed by atoms with Crippen molar-refractivity contribution in [3.63, 3.8) is 0 Å². The minimum atomic E-state index is -1.16. The van der Waals surface area contributed by atoms with Crippen molar-refractivity contribution in [2.24, 2.45) is 0 Å². The fraction of sp³-hybridized carbons (Fsp3) is 0.350. The minimum absolute atomic E-state index is 0.0375. The molecule has 0 heterocycles. The number of aliphatic hydroxyl groups is 2. The summed E-state index contributed by atoms with van der Waals surface area (Å²) in [6, 6.07) is 13.1. The van der Waals surface area contributed by atoms with Gasteiger partial charge in [-0.2, -0.15) is 0 Å². The van der Waals surface area contributed by atoms with Crippen LogP contribution in [0, 0.1) is 0 Å². The molecule has 1 unspecified atom stereocenters. The molecule has 2 aromatic rings. The number of halogens is 1. The van der Waals surface area contributed by atoms with Crippen LogP contribution in [-0.2, 0) is 11.3 Å². The van der Waals surface area contributed by atoms with E-state index in [0.29, 0.717) is 16.3 Å². The number of ether oxygens (including phenoxy) is 2. The van der Waals surface area contributed by atoms with E-state index in [1.165, 1.54) is 0 Å². The lowest BCUT2D eigenvalue weighted by Crippen LogP contribution is -2.42. The van der Waals surface area contributed by atoms with E-state index in [1.807, 2.05) is 44.2 Å². The van der Waals surface area contributed by atoms with Crippen molar-refractivity contribution in [3.05, 3.63) is 64.7 Å². The van der Waals surface area contributed by atoms with E-state index in [2.05, 4.69) is 5.32 Å². The van der Waals surface area contributed by atoms with Crippen molar-refractivity contribution < 1.29 is 24.5 Å². The Kier molecular flexibility index (Phi) is 7.91. The van der Waals surface area contributed by atoms with Crippen molar-refractivity contribution in [1.82, 2.24) is 5.32 Å². The molecule has 2 aromatic carbocycles. The maximum Gasteiger partial charge on any atom is 0.407 e. The van der Waals surface area contributed by atoms with Crippen LogP contribution in [0.3, 0.4) is 0 Å². The second-order valence-corrected chi connectivity index (χ2v) is 6.70. The Morgan fingerprint density at radius 1 is 1.19 bits per heavy atom. The van der Waals surface area contributed by atoms with Gasteiger partial charge in [0.05, 0.1) is 23.8 Å². The molecule has 0 bridgehead atoms. The summed E-state index contributed by atoms with van der Waals surface area (Å²) in [7, 11) is 0. The molecule has 0 saturated carbocycles. The Balaban J connectivity index is 1.97. The van der Waals surface area contributed by atoms with Gasteiger partial charge in [-0.1, -0.05) is 48.0 Å². The molecule has 0 aliphatic heterocycles. The molecule has 146 valence electrons. The first kappa shape index (κ1) is 21.0. The molecular formula is C20H24ClNO5. The molecule has 7 heteroatoms. The molecule has 6 nitrogen and oxygen atoms in total. The number of rotatable bonds is 8. The second kappa shape index (κ2) is 10.2. The monoisotopic (exact) mass is 393 g/mol. The van der Waals surface area contributed by atoms with Gasteiger partial charge in [0.1, 0.15) is 18.5 Å². The molecule has 0 aromatic heterocycles. The minimum Gasteiger partial charge on any atom is -0.489 e. The van der Waals surface area contributed by atoms with Gasteiger partial charge in [0.25, 0.3) is 0 Å². The van der Waals surface area contributed by atoms with E-state index in [9.17, 15) is 15.0 Å². The smallest absolute Gasteiger partial charge is 0.407 e. The number of hydrogen-bond acceptors (Lipinski definition) is 5. The molecule has 3 N–H and O–H groups in total. The largest absolute Gasteiger partial charge is 0.489 e. The average molecular weight is 394 g/mol. The highest BCUT2D eigenvalue weighted by Gasteiger charge is 2.24. The van der Waals surface area contributed by atoms with Crippen LogP contribution < -0.4 is 10.1 Å². The predicted molar refractivity (Wildman–Crippen MR) is 103 cm³/mol. The zero-order valence-electron chi connectivity index (χ0n) is 15.3. The van der Waals surface area contributed by atoms with Crippen LogP contribution in [-0.4, -0.2) is 35.1 Å². The van der Waals surface area contributed by atoms with Gasteiger partial charge in [-0.15, -0.1) is 0 Å². The van der Waals surface area contributed by atoms with Crippen LogP contribution in [0.2, 0.25) is 5.02 Å². The molecule has 0 aliphatic rings. The van der Waals surface area contributed by atoms with Crippen molar-refractivity contribution in [2.45, 2.75) is 38.7 Å². The number of carbonyl (C=O) groups excluding carboxylic acids is 1. The number of hydrogen-bond donors (Lipinski definition) is 3. The van der Waals surface area contributed by atoms with Crippen LogP contribution in [0.15, 0.2) is 48.5 Å². The van der Waals surface area contributed by atoms with E-state index in [4.69, 9.17) is 21.1 Å². The number of carbonyl (C=O) groups is 1. The lowest BCUT2D eigenvalue weighted by Gasteiger charge is -2.23. The van der Waals surface area contributed by atoms with Crippen molar-refractivity contribution in [2.75, 3.05) is 6.61 Å². The number of alkyl carbamates (subject to hydrolysis) is 1. The molecular weight excluding hydrogens is 370 g/mol. The fourth-order valence-corrected chi connectivity index (χ4v) is 2.66. The maximum absolute atomic E-state index is 12.0. The lowest BCUT2D eigenvalue weighted by molar-refractivity contribution is 0.0763. The Morgan fingerprint density at radius 3 is 2.48 bits per heavy atom. The second-order valence-electron chi connectivity index (χ2n) is 6.30. The topological polar surface area (TPSA) is 88.0 Å². The van der Waals surface area contributed by atoms with E-state index < -0.39 is 24.8 Å². The van der Waals surface area contributed by atoms with Crippen LogP contribution in [0.1, 0.15) is 31.1 Å². The third-order valence-corrected chi connectivity index (χ3v) is 4.05. The first-order chi connectivity index (χ1) is 12.9. The average Bonchev–Trinajstić information content (AvgIpc) is 2.66. The summed E-state index contributed by atoms with van der Waals surface area (Å²) in [6.45, 7) is 3.38. The summed E-state index contributed by atoms with van der Waals surface area (Å²) in [4.78, 5) is 12.0. The van der Waals surface area contributed by atoms with Crippen molar-refractivity contribution in [1.29, 1.82) is 0 Å². The van der Waals surface area contributed by atoms with Gasteiger partial charge in [0.15, 0.2) is 0 Å². The first-order valence-corrected chi connectivity index (χ1v) is 9.00. The zero-order valence-corrected chi connectivity index (χ0v) is 16.0. The number of nitrogens with one attached hydrogen (secondary N) is 1. The summed E-state index contributed by atoms with van der Waals surface area (Å²) < 4.78 is 10.7. The molecule has 0 fully saturated rings. The third kappa shape index (κ3) is 6.43. The van der Waals surface area contributed by atoms with Gasteiger partial charge < -0.3 is 25.0 Å². The fourth-order valence-electron chi connectivity index (χ4n) is 2.42. The van der Waals surface area contributed by atoms with Gasteiger partial charge in [-0.3, -0.25) is 0 Å². The van der Waals surface area contributed by atoms with E-state index >= 15 is 0 Å². The quantitative estimate of drug-likeness (QED) is 0.639. The SMILES string of the molecule is CC(C)Oc1ccc(C(O)[C@@H](CO)NC(=O)OCc2ccccc2)cc1Cl. The standard InChI is InChI=1S/C20H24ClNO5/c1-13(2)27-18-9-8-15(10-16(18)21)19(24)17(11-23)22-20(25)26-12-14-6-4-3-5-7-14/h3-10,13,17,19,23-24H,11-12H2,1-2H3,(H,22,25)/t17-,19?/m1/s1. The van der Waals surface area contributed by atoms with E-state index in [1.54, 1.807) is 18.2 Å². The Hall–Kier alpha value is -2.28. The molecule has 0 spiro atoms. The summed E-state index contributed by atoms with van der Waals surface area (Å²) in [5.74, 6) is 0.499. The zero-order chi connectivity index (χ0) is 19.8. The first-order valence-electron chi connectivity index (χ1n) is 8.63. The molecule has 27 heavy (non-hydrogen) atoms. The van der Waals surface area contributed by atoms with Gasteiger partial charge in [0, 0.05) is 0 Å². The van der Waals surface area contributed by atoms with Crippen molar-refractivity contribution in [3.8, 4) is 5.75 Å². The lowest BCUT2D eigenvalue weighted by atomic mass is 10.0. The molecule has 1 amide bonds. The van der Waals surface area contributed by atoms with Gasteiger partial charge in [0.2, 0.25) is 0 Å². The number of benzene rings is 2. The Bertz CT molecular complexity index is 738. The van der Waals surface area contributed by atoms with Crippen molar-refractivity contribution >= 4 is 17.7 Å². The summed E-state index contributed by atoms with van der Waals surface area (Å²) >= 11 is 6.18. The number of aliphatic hydroxyl groups excluding tert-OH is 2. The highest BCUT2D eigenvalue weighted by Crippen LogP contribution is 2.29. The Labute approximate surface area is 163 Å². The highest BCUT2D eigenvalue weighted by molar-refractivity contribution is 6.32. The number of amides is 1. The van der Waals surface area contributed by atoms with Crippen LogP contribution in [0.5, 0.6) is 5.75 Å². The van der Waals surface area contributed by atoms with Gasteiger partial charge in [-0.25, -0.2) is 4.79 Å². The van der Waals surface area contributed by atoms with E-state index in [0.717, 1.165) is 5.56 Å². The molecule has 2 rings (SSSR count). The molecule has 0 radical (unpaired) electrons. The van der Waals surface area contributed by atoms with Crippen LogP contribution in [0.4, 0.5) is 4.79 Å². The van der Waals surface area contributed by atoms with Crippen LogP contribution >= 0.6 is 11.6 Å². The van der Waals surface area contributed by atoms with Crippen LogP contribution in [0.25, 0.3) is 0 Å². The highest BCUT2D eigenvalue weighted by atomic mass is 35.5. The van der Waals surface area contributed by atoms with Gasteiger partial charge >= 0.3 is 6.09 Å². The van der Waals surface area contributed by atoms with Gasteiger partial charge in [-0.05, 0) is 37.1 Å². The maximum atomic E-state index is 12.0. The summed E-state index contributed by atoms with van der Waals surface area (Å²) in [6.07, 6.45) is -1.93. The molecule has 0 aliphatic carbocycles. The summed E-state index contributed by atoms with van der Waals surface area (Å²) in [5, 5.41) is 22.8. The Morgan fingerprint density at radius 2 is 1.89 bits per heavy atom.